The lowest BCUT2D eigenvalue weighted by atomic mass is 9.98. The molecule has 0 aliphatic carbocycles. The number of carbonyl (C=O) groups excluding carboxylic acids is 3. The highest BCUT2D eigenvalue weighted by Gasteiger charge is 2.50. The van der Waals surface area contributed by atoms with Crippen LogP contribution in [0.15, 0.2) is 48.6 Å². The second-order valence-corrected chi connectivity index (χ2v) is 20.3. The van der Waals surface area contributed by atoms with Gasteiger partial charge in [0.2, 0.25) is 0 Å². The van der Waals surface area contributed by atoms with Gasteiger partial charge in [-0.15, -0.1) is 0 Å². The maximum atomic E-state index is 13.1. The van der Waals surface area contributed by atoms with E-state index in [1.165, 1.54) is 122 Å². The van der Waals surface area contributed by atoms with Gasteiger partial charge in [-0.05, 0) is 57.8 Å². The van der Waals surface area contributed by atoms with E-state index in [1.807, 2.05) is 0 Å². The number of allylic oxidation sites excluding steroid dienone is 8. The van der Waals surface area contributed by atoms with Crippen LogP contribution in [0.1, 0.15) is 265 Å². The van der Waals surface area contributed by atoms with Crippen molar-refractivity contribution >= 4 is 23.9 Å². The highest BCUT2D eigenvalue weighted by molar-refractivity contribution is 5.74. The van der Waals surface area contributed by atoms with Crippen LogP contribution >= 0.6 is 0 Å². The van der Waals surface area contributed by atoms with E-state index >= 15 is 0 Å². The largest absolute Gasteiger partial charge is 0.479 e. The molecular formula is C61H106O12. The molecular weight excluding hydrogens is 925 g/mol. The van der Waals surface area contributed by atoms with Crippen LogP contribution < -0.4 is 0 Å². The van der Waals surface area contributed by atoms with Crippen LogP contribution in [-0.4, -0.2) is 89.2 Å². The van der Waals surface area contributed by atoms with E-state index in [0.29, 0.717) is 19.3 Å². The number of carbonyl (C=O) groups is 4. The topological polar surface area (TPSA) is 175 Å². The van der Waals surface area contributed by atoms with Crippen molar-refractivity contribution in [3.05, 3.63) is 48.6 Å². The van der Waals surface area contributed by atoms with Gasteiger partial charge in [0.05, 0.1) is 6.61 Å². The molecule has 73 heavy (non-hydrogen) atoms. The molecule has 1 heterocycles. The van der Waals surface area contributed by atoms with E-state index in [0.717, 1.165) is 83.5 Å². The van der Waals surface area contributed by atoms with Crippen molar-refractivity contribution in [3.8, 4) is 0 Å². The fourth-order valence-corrected chi connectivity index (χ4v) is 8.89. The zero-order valence-corrected chi connectivity index (χ0v) is 46.4. The van der Waals surface area contributed by atoms with Gasteiger partial charge >= 0.3 is 23.9 Å². The number of aliphatic carboxylic acids is 1. The number of carboxylic acid groups (broad SMARTS) is 1. The molecule has 1 aliphatic rings. The third kappa shape index (κ3) is 39.7. The summed E-state index contributed by atoms with van der Waals surface area (Å²) in [6.07, 6.45) is 46.6. The first-order valence-electron chi connectivity index (χ1n) is 29.6. The summed E-state index contributed by atoms with van der Waals surface area (Å²) in [4.78, 5) is 51.0. The molecule has 12 nitrogen and oxygen atoms in total. The third-order valence-corrected chi connectivity index (χ3v) is 13.4. The first kappa shape index (κ1) is 67.7. The summed E-state index contributed by atoms with van der Waals surface area (Å²) < 4.78 is 28.4. The van der Waals surface area contributed by atoms with Crippen molar-refractivity contribution < 1.29 is 58.2 Å². The Kier molecular flexibility index (Phi) is 45.9. The highest BCUT2D eigenvalue weighted by atomic mass is 16.7. The van der Waals surface area contributed by atoms with Crippen molar-refractivity contribution in [1.82, 2.24) is 0 Å². The van der Waals surface area contributed by atoms with Crippen LogP contribution in [0.4, 0.5) is 0 Å². The van der Waals surface area contributed by atoms with Gasteiger partial charge in [0.25, 0.3) is 0 Å². The van der Waals surface area contributed by atoms with Crippen LogP contribution in [0.25, 0.3) is 0 Å². The molecule has 1 saturated heterocycles. The predicted molar refractivity (Wildman–Crippen MR) is 294 cm³/mol. The Labute approximate surface area is 443 Å². The number of hydrogen-bond donors (Lipinski definition) is 3. The molecule has 0 spiro atoms. The van der Waals surface area contributed by atoms with E-state index in [2.05, 4.69) is 69.4 Å². The average molecular weight is 1030 g/mol. The Balaban J connectivity index is 2.68. The van der Waals surface area contributed by atoms with Crippen LogP contribution in [0.2, 0.25) is 0 Å². The van der Waals surface area contributed by atoms with Gasteiger partial charge in [-0.1, -0.05) is 236 Å². The van der Waals surface area contributed by atoms with E-state index in [4.69, 9.17) is 23.7 Å². The van der Waals surface area contributed by atoms with E-state index in [1.54, 1.807) is 0 Å². The zero-order chi connectivity index (χ0) is 53.3. The summed E-state index contributed by atoms with van der Waals surface area (Å²) >= 11 is 0. The number of rotatable bonds is 50. The summed E-state index contributed by atoms with van der Waals surface area (Å²) in [6.45, 7) is 5.85. The fraction of sp³-hybridized carbons (Fsp3) is 0.803. The molecule has 0 aromatic heterocycles. The van der Waals surface area contributed by atoms with Crippen molar-refractivity contribution in [3.63, 3.8) is 0 Å². The molecule has 3 N–H and O–H groups in total. The molecule has 0 aromatic carbocycles. The van der Waals surface area contributed by atoms with Gasteiger partial charge in [0, 0.05) is 19.3 Å². The van der Waals surface area contributed by atoms with Gasteiger partial charge in [-0.25, -0.2) is 4.79 Å². The number of aliphatic hydroxyl groups is 2. The molecule has 6 unspecified atom stereocenters. The molecule has 0 bridgehead atoms. The van der Waals surface area contributed by atoms with Crippen LogP contribution in [0, 0.1) is 0 Å². The smallest absolute Gasteiger partial charge is 0.335 e. The van der Waals surface area contributed by atoms with Crippen LogP contribution in [0.3, 0.4) is 0 Å². The molecule has 422 valence electrons. The average Bonchev–Trinajstić information content (AvgIpc) is 3.37. The van der Waals surface area contributed by atoms with Crippen LogP contribution in [-0.2, 0) is 42.9 Å². The normalized spacial score (nSPS) is 18.6. The Hall–Kier alpha value is -3.32. The van der Waals surface area contributed by atoms with E-state index in [9.17, 15) is 34.5 Å². The standard InChI is InChI=1S/C61H106O12/c1-4-7-10-13-16-19-22-24-26-27-29-31-34-37-40-43-46-49-55(64)72-59-57(66)56(65)58(60(67)68)73-61(59)70-51-52(71-54(63)48-45-42-39-36-32-21-18-15-12-9-6-3)50-69-53(62)47-44-41-38-35-33-30-28-25-23-20-17-14-11-8-5-2/h8,11,17,20,25,28,33,35,52,56-59,61,65-66H,4-7,9-10,12-16,18-19,21-24,26-27,29-32,34,36-51H2,1-3H3,(H,67,68)/b11-8-,20-17-,28-25-,35-33-. The lowest BCUT2D eigenvalue weighted by Crippen LogP contribution is -2.61. The Morgan fingerprint density at radius 2 is 0.863 bits per heavy atom. The monoisotopic (exact) mass is 1030 g/mol. The molecule has 0 saturated carbocycles. The number of ether oxygens (including phenoxy) is 5. The van der Waals surface area contributed by atoms with Crippen molar-refractivity contribution in [2.45, 2.75) is 302 Å². The lowest BCUT2D eigenvalue weighted by Gasteiger charge is -2.40. The molecule has 0 amide bonds. The maximum Gasteiger partial charge on any atom is 0.335 e. The number of unbranched alkanes of at least 4 members (excludes halogenated alkanes) is 28. The minimum atomic E-state index is -1.90. The molecule has 12 heteroatoms. The molecule has 1 rings (SSSR count). The van der Waals surface area contributed by atoms with Crippen molar-refractivity contribution in [2.75, 3.05) is 13.2 Å². The van der Waals surface area contributed by atoms with E-state index < -0.39 is 67.3 Å². The van der Waals surface area contributed by atoms with Gasteiger partial charge in [-0.3, -0.25) is 14.4 Å². The minimum absolute atomic E-state index is 0.0612. The van der Waals surface area contributed by atoms with Crippen molar-refractivity contribution in [1.29, 1.82) is 0 Å². The molecule has 1 fully saturated rings. The second-order valence-electron chi connectivity index (χ2n) is 20.3. The van der Waals surface area contributed by atoms with E-state index in [-0.39, 0.29) is 25.9 Å². The Bertz CT molecular complexity index is 1460. The van der Waals surface area contributed by atoms with Crippen LogP contribution in [0.5, 0.6) is 0 Å². The van der Waals surface area contributed by atoms with Crippen molar-refractivity contribution in [2.24, 2.45) is 0 Å². The fourth-order valence-electron chi connectivity index (χ4n) is 8.89. The SMILES string of the molecule is CC/C=C\C/C=C\C/C=C\C/C=C\CCCCC(=O)OCC(COC1OC(C(=O)O)C(O)C(O)C1OC(=O)CCCCCCCCCCCCCCCCCCC)OC(=O)CCCCCCCCCCCCC. The molecule has 1 aliphatic heterocycles. The first-order chi connectivity index (χ1) is 35.6. The number of aliphatic hydroxyl groups excluding tert-OH is 2. The molecule has 6 atom stereocenters. The second kappa shape index (κ2) is 49.6. The summed E-state index contributed by atoms with van der Waals surface area (Å²) in [7, 11) is 0. The summed E-state index contributed by atoms with van der Waals surface area (Å²) in [6, 6.07) is 0. The van der Waals surface area contributed by atoms with Gasteiger partial charge in [0.1, 0.15) is 18.8 Å². The summed E-state index contributed by atoms with van der Waals surface area (Å²) in [5.74, 6) is -3.15. The number of hydrogen-bond acceptors (Lipinski definition) is 11. The zero-order valence-electron chi connectivity index (χ0n) is 46.4. The Morgan fingerprint density at radius 1 is 0.466 bits per heavy atom. The molecule has 0 aromatic rings. The van der Waals surface area contributed by atoms with Gasteiger partial charge in [-0.2, -0.15) is 0 Å². The number of esters is 3. The minimum Gasteiger partial charge on any atom is -0.479 e. The molecule has 0 radical (unpaired) electrons. The highest BCUT2D eigenvalue weighted by Crippen LogP contribution is 2.26. The summed E-state index contributed by atoms with van der Waals surface area (Å²) in [5, 5.41) is 31.5. The Morgan fingerprint density at radius 3 is 1.32 bits per heavy atom. The lowest BCUT2D eigenvalue weighted by molar-refractivity contribution is -0.301. The third-order valence-electron chi connectivity index (χ3n) is 13.4. The maximum absolute atomic E-state index is 13.1. The quantitative estimate of drug-likeness (QED) is 0.0228. The van der Waals surface area contributed by atoms with Gasteiger partial charge in [0.15, 0.2) is 24.6 Å². The first-order valence-corrected chi connectivity index (χ1v) is 29.6. The van der Waals surface area contributed by atoms with Gasteiger partial charge < -0.3 is 39.0 Å². The summed E-state index contributed by atoms with van der Waals surface area (Å²) in [5.41, 5.74) is 0. The number of carboxylic acids is 1. The predicted octanol–water partition coefficient (Wildman–Crippen LogP) is 15.0.